The van der Waals surface area contributed by atoms with E-state index in [0.717, 1.165) is 32.7 Å². The summed E-state index contributed by atoms with van der Waals surface area (Å²) in [5, 5.41) is 4.26. The number of rotatable bonds is 7. The third-order valence-electron chi connectivity index (χ3n) is 5.61. The molecule has 0 saturated carbocycles. The molecule has 162 valence electrons. The van der Waals surface area contributed by atoms with Gasteiger partial charge in [-0.25, -0.2) is 0 Å². The predicted molar refractivity (Wildman–Crippen MR) is 136 cm³/mol. The summed E-state index contributed by atoms with van der Waals surface area (Å²) < 4.78 is 5.65. The Kier molecular flexibility index (Phi) is 6.52. The number of ketones is 2. The molecule has 3 nitrogen and oxygen atoms in total. The number of methoxy groups -OCH3 is 1. The van der Waals surface area contributed by atoms with Crippen LogP contribution in [0.25, 0.3) is 21.5 Å². The molecule has 0 N–H and O–H groups in total. The van der Waals surface area contributed by atoms with E-state index >= 15 is 0 Å². The van der Waals surface area contributed by atoms with E-state index in [2.05, 4.69) is 6.07 Å². The highest BCUT2D eigenvalue weighted by Crippen LogP contribution is 2.30. The van der Waals surface area contributed by atoms with E-state index in [1.807, 2.05) is 85.3 Å². The Morgan fingerprint density at radius 2 is 1.38 bits per heavy atom. The van der Waals surface area contributed by atoms with Crippen molar-refractivity contribution in [3.05, 3.63) is 90.0 Å². The largest absolute Gasteiger partial charge is 0.496 e. The maximum atomic E-state index is 13.3. The second-order valence-corrected chi connectivity index (χ2v) is 10.0. The molecule has 0 unspecified atom stereocenters. The average Bonchev–Trinajstić information content (AvgIpc) is 2.78. The highest BCUT2D eigenvalue weighted by atomic mass is 32.2. The maximum Gasteiger partial charge on any atom is 0.176 e. The van der Waals surface area contributed by atoms with Crippen molar-refractivity contribution < 1.29 is 14.3 Å². The fourth-order valence-corrected chi connectivity index (χ4v) is 5.20. The summed E-state index contributed by atoms with van der Waals surface area (Å²) in [5.74, 6) is 0.473. The number of Topliss-reactive ketones (excluding diaryl/α,β-unsaturated/α-hetero) is 2. The lowest BCUT2D eigenvalue weighted by Gasteiger charge is -2.13. The van der Waals surface area contributed by atoms with Crippen LogP contribution in [0.2, 0.25) is 0 Å². The standard InChI is InChI=1S/C28H26O3S/c1-31-27-23(15-14-21-9-6-7-11-24(21)27)18-26(30)28(32(2)3)25(29)17-19-12-13-20-8-4-5-10-22(20)16-19/h4-16H,17-18H2,1-3H3. The molecule has 4 rings (SSSR count). The summed E-state index contributed by atoms with van der Waals surface area (Å²) in [4.78, 5) is 26.9. The molecule has 4 heteroatoms. The third kappa shape index (κ3) is 4.51. The number of hydrogen-bond acceptors (Lipinski definition) is 3. The molecule has 32 heavy (non-hydrogen) atoms. The molecule has 0 aliphatic rings. The molecule has 4 aromatic rings. The summed E-state index contributed by atoms with van der Waals surface area (Å²) in [6, 6.07) is 26.0. The molecule has 0 saturated heterocycles. The van der Waals surface area contributed by atoms with Crippen molar-refractivity contribution in [1.82, 2.24) is 0 Å². The van der Waals surface area contributed by atoms with Crippen molar-refractivity contribution in [1.29, 1.82) is 0 Å². The minimum Gasteiger partial charge on any atom is -0.496 e. The Hall–Kier alpha value is -3.24. The number of fused-ring (bicyclic) bond motifs is 2. The van der Waals surface area contributed by atoms with Crippen molar-refractivity contribution in [3.8, 4) is 5.75 Å². The van der Waals surface area contributed by atoms with Crippen molar-refractivity contribution in [2.45, 2.75) is 12.8 Å². The Balaban J connectivity index is 1.60. The smallest absolute Gasteiger partial charge is 0.176 e. The van der Waals surface area contributed by atoms with Gasteiger partial charge in [-0.1, -0.05) is 78.9 Å². The monoisotopic (exact) mass is 442 g/mol. The number of ether oxygens (including phenoxy) is 1. The zero-order valence-corrected chi connectivity index (χ0v) is 19.4. The normalized spacial score (nSPS) is 11.1. The molecule has 0 aromatic heterocycles. The highest BCUT2D eigenvalue weighted by molar-refractivity contribution is 8.16. The summed E-state index contributed by atoms with van der Waals surface area (Å²) in [7, 11) is 1.17. The fraction of sp³-hybridized carbons (Fsp3) is 0.179. The first kappa shape index (κ1) is 22.0. The number of carbonyl (C=O) groups excluding carboxylic acids is 2. The van der Waals surface area contributed by atoms with Gasteiger partial charge in [0, 0.05) is 23.8 Å². The van der Waals surface area contributed by atoms with E-state index in [0.29, 0.717) is 10.6 Å². The molecule has 0 radical (unpaired) electrons. The molecule has 0 spiro atoms. The van der Waals surface area contributed by atoms with Crippen molar-refractivity contribution in [2.75, 3.05) is 19.6 Å². The molecule has 0 fully saturated rings. The van der Waals surface area contributed by atoms with Crippen LogP contribution in [-0.2, 0) is 22.4 Å². The van der Waals surface area contributed by atoms with Gasteiger partial charge in [0.15, 0.2) is 11.6 Å². The first-order valence-corrected chi connectivity index (χ1v) is 12.6. The van der Waals surface area contributed by atoms with Crippen LogP contribution >= 0.6 is 10.5 Å². The summed E-state index contributed by atoms with van der Waals surface area (Å²) in [5.41, 5.74) is 1.73. The number of carbonyl (C=O) groups is 2. The number of benzene rings is 4. The quantitative estimate of drug-likeness (QED) is 0.275. The van der Waals surface area contributed by atoms with Gasteiger partial charge in [0.2, 0.25) is 0 Å². The van der Waals surface area contributed by atoms with Gasteiger partial charge in [-0.3, -0.25) is 9.59 Å². The van der Waals surface area contributed by atoms with Crippen LogP contribution in [-0.4, -0.2) is 36.1 Å². The molecule has 0 atom stereocenters. The fourth-order valence-electron chi connectivity index (χ4n) is 4.15. The predicted octanol–water partition coefficient (Wildman–Crippen LogP) is 5.63. The topological polar surface area (TPSA) is 43.4 Å². The van der Waals surface area contributed by atoms with Gasteiger partial charge in [-0.05, 0) is 34.2 Å². The molecular formula is C28H26O3S. The van der Waals surface area contributed by atoms with E-state index < -0.39 is 10.5 Å². The van der Waals surface area contributed by atoms with Gasteiger partial charge in [-0.15, -0.1) is 0 Å². The van der Waals surface area contributed by atoms with Gasteiger partial charge in [0.1, 0.15) is 5.75 Å². The van der Waals surface area contributed by atoms with Gasteiger partial charge >= 0.3 is 0 Å². The Morgan fingerprint density at radius 3 is 2.09 bits per heavy atom. The third-order valence-corrected chi connectivity index (χ3v) is 6.88. The molecule has 0 heterocycles. The lowest BCUT2D eigenvalue weighted by Crippen LogP contribution is -2.27. The van der Waals surface area contributed by atoms with Crippen LogP contribution in [0.3, 0.4) is 0 Å². The van der Waals surface area contributed by atoms with Crippen LogP contribution in [0.1, 0.15) is 11.1 Å². The highest BCUT2D eigenvalue weighted by Gasteiger charge is 2.22. The van der Waals surface area contributed by atoms with Crippen LogP contribution in [0, 0.1) is 0 Å². The number of hydrogen-bond donors (Lipinski definition) is 0. The summed E-state index contributed by atoms with van der Waals surface area (Å²) in [6.07, 6.45) is 4.25. The second kappa shape index (κ2) is 9.49. The van der Waals surface area contributed by atoms with Crippen LogP contribution in [0.5, 0.6) is 5.75 Å². The molecule has 0 bridgehead atoms. The molecule has 0 amide bonds. The SMILES string of the molecule is COc1c(CC(=O)C(C(=O)Cc2ccc3ccccc3c2)=S(C)C)ccc2ccccc12. The van der Waals surface area contributed by atoms with Gasteiger partial charge in [0.25, 0.3) is 0 Å². The molecule has 4 aromatic carbocycles. The maximum absolute atomic E-state index is 13.3. The second-order valence-electron chi connectivity index (χ2n) is 8.01. The van der Waals surface area contributed by atoms with Crippen molar-refractivity contribution >= 4 is 48.5 Å². The zero-order chi connectivity index (χ0) is 22.7. The Bertz CT molecular complexity index is 1360. The van der Waals surface area contributed by atoms with E-state index in [4.69, 9.17) is 4.74 Å². The van der Waals surface area contributed by atoms with E-state index in [1.54, 1.807) is 7.11 Å². The molecule has 0 aliphatic heterocycles. The summed E-state index contributed by atoms with van der Waals surface area (Å²) >= 11 is 0. The first-order valence-electron chi connectivity index (χ1n) is 10.5. The lowest BCUT2D eigenvalue weighted by atomic mass is 9.97. The minimum atomic E-state index is -0.447. The van der Waals surface area contributed by atoms with Crippen molar-refractivity contribution in [3.63, 3.8) is 0 Å². The van der Waals surface area contributed by atoms with E-state index in [9.17, 15) is 9.59 Å². The van der Waals surface area contributed by atoms with E-state index in [-0.39, 0.29) is 24.4 Å². The Morgan fingerprint density at radius 1 is 0.750 bits per heavy atom. The first-order chi connectivity index (χ1) is 15.5. The van der Waals surface area contributed by atoms with Crippen LogP contribution < -0.4 is 4.74 Å². The van der Waals surface area contributed by atoms with Gasteiger partial charge in [0.05, 0.1) is 12.0 Å². The molecular weight excluding hydrogens is 416 g/mol. The van der Waals surface area contributed by atoms with Gasteiger partial charge in [-0.2, -0.15) is 10.5 Å². The summed E-state index contributed by atoms with van der Waals surface area (Å²) in [6.45, 7) is 0. The van der Waals surface area contributed by atoms with Crippen LogP contribution in [0.15, 0.2) is 78.9 Å². The van der Waals surface area contributed by atoms with Gasteiger partial charge < -0.3 is 4.74 Å². The van der Waals surface area contributed by atoms with Crippen LogP contribution in [0.4, 0.5) is 0 Å². The minimum absolute atomic E-state index is 0.0987. The van der Waals surface area contributed by atoms with E-state index in [1.165, 1.54) is 0 Å². The average molecular weight is 443 g/mol. The Labute approximate surface area is 191 Å². The molecule has 0 aliphatic carbocycles. The zero-order valence-electron chi connectivity index (χ0n) is 18.6. The van der Waals surface area contributed by atoms with Crippen molar-refractivity contribution in [2.24, 2.45) is 0 Å². The lowest BCUT2D eigenvalue weighted by molar-refractivity contribution is -0.116.